The van der Waals surface area contributed by atoms with Crippen LogP contribution in [0.1, 0.15) is 29.0 Å². The summed E-state index contributed by atoms with van der Waals surface area (Å²) in [6, 6.07) is 14.6. The van der Waals surface area contributed by atoms with Crippen molar-refractivity contribution in [1.82, 2.24) is 0 Å². The van der Waals surface area contributed by atoms with Gasteiger partial charge >= 0.3 is 0 Å². The Morgan fingerprint density at radius 3 is 2.61 bits per heavy atom. The summed E-state index contributed by atoms with van der Waals surface area (Å²) >= 11 is 5.94. The van der Waals surface area contributed by atoms with E-state index in [0.717, 1.165) is 17.2 Å². The quantitative estimate of drug-likeness (QED) is 0.775. The number of benzene rings is 2. The Balaban J connectivity index is 1.97. The van der Waals surface area contributed by atoms with Crippen molar-refractivity contribution >= 4 is 11.6 Å². The van der Waals surface area contributed by atoms with Crippen molar-refractivity contribution in [2.24, 2.45) is 0 Å². The monoisotopic (exact) mass is 258 g/mol. The van der Waals surface area contributed by atoms with Crippen LogP contribution in [0.25, 0.3) is 0 Å². The summed E-state index contributed by atoms with van der Waals surface area (Å²) in [5, 5.41) is 0.798. The van der Waals surface area contributed by atoms with Gasteiger partial charge in [0.2, 0.25) is 0 Å². The first kappa shape index (κ1) is 11.6. The van der Waals surface area contributed by atoms with Crippen molar-refractivity contribution in [3.63, 3.8) is 0 Å². The Morgan fingerprint density at radius 1 is 1.11 bits per heavy atom. The van der Waals surface area contributed by atoms with Crippen molar-refractivity contribution < 1.29 is 4.74 Å². The van der Waals surface area contributed by atoms with Crippen LogP contribution in [0.3, 0.4) is 0 Å². The van der Waals surface area contributed by atoms with Gasteiger partial charge < -0.3 is 4.74 Å². The highest BCUT2D eigenvalue weighted by Gasteiger charge is 2.24. The Labute approximate surface area is 112 Å². The first-order chi connectivity index (χ1) is 8.78. The van der Waals surface area contributed by atoms with E-state index >= 15 is 0 Å². The minimum absolute atomic E-state index is 0.503. The molecule has 0 saturated heterocycles. The average Bonchev–Trinajstić information content (AvgIpc) is 2.82. The predicted molar refractivity (Wildman–Crippen MR) is 74.6 cm³/mol. The average molecular weight is 259 g/mol. The van der Waals surface area contributed by atoms with Crippen molar-refractivity contribution in [2.45, 2.75) is 18.8 Å². The molecule has 0 spiro atoms. The van der Waals surface area contributed by atoms with E-state index in [1.54, 1.807) is 7.11 Å². The van der Waals surface area contributed by atoms with Crippen LogP contribution < -0.4 is 4.74 Å². The maximum Gasteiger partial charge on any atom is 0.119 e. The van der Waals surface area contributed by atoms with E-state index in [2.05, 4.69) is 24.3 Å². The smallest absolute Gasteiger partial charge is 0.119 e. The number of aryl methyl sites for hydroxylation is 1. The molecule has 1 aliphatic carbocycles. The third kappa shape index (κ3) is 1.99. The highest BCUT2D eigenvalue weighted by Crippen LogP contribution is 2.39. The highest BCUT2D eigenvalue weighted by atomic mass is 35.5. The molecule has 2 heteroatoms. The van der Waals surface area contributed by atoms with Gasteiger partial charge in [0.25, 0.3) is 0 Å². The molecule has 92 valence electrons. The standard InChI is InChI=1S/C16H15ClO/c1-18-14-7-9-16-12(10-14)4-8-15(16)11-2-5-13(17)6-3-11/h2-3,5-7,9-10,15H,4,8H2,1H3. The lowest BCUT2D eigenvalue weighted by Gasteiger charge is -2.12. The molecular formula is C16H15ClO. The molecule has 18 heavy (non-hydrogen) atoms. The van der Waals surface area contributed by atoms with Crippen LogP contribution in [0.15, 0.2) is 42.5 Å². The molecule has 0 aromatic heterocycles. The lowest BCUT2D eigenvalue weighted by Crippen LogP contribution is -1.95. The number of ether oxygens (including phenoxy) is 1. The summed E-state index contributed by atoms with van der Waals surface area (Å²) < 4.78 is 5.28. The second-order valence-electron chi connectivity index (χ2n) is 4.71. The van der Waals surface area contributed by atoms with Gasteiger partial charge in [0.1, 0.15) is 5.75 Å². The van der Waals surface area contributed by atoms with E-state index < -0.39 is 0 Å². The van der Waals surface area contributed by atoms with Gasteiger partial charge in [0.05, 0.1) is 7.11 Å². The molecule has 2 aromatic rings. The van der Waals surface area contributed by atoms with Crippen molar-refractivity contribution in [1.29, 1.82) is 0 Å². The summed E-state index contributed by atoms with van der Waals surface area (Å²) in [7, 11) is 1.72. The molecule has 0 fully saturated rings. The van der Waals surface area contributed by atoms with E-state index in [4.69, 9.17) is 16.3 Å². The minimum Gasteiger partial charge on any atom is -0.497 e. The van der Waals surface area contributed by atoms with Crippen LogP contribution in [0.2, 0.25) is 5.02 Å². The summed E-state index contributed by atoms with van der Waals surface area (Å²) in [5.74, 6) is 1.45. The Morgan fingerprint density at radius 2 is 1.89 bits per heavy atom. The third-order valence-electron chi connectivity index (χ3n) is 3.70. The molecule has 2 aromatic carbocycles. The van der Waals surface area contributed by atoms with Gasteiger partial charge in [0, 0.05) is 10.9 Å². The molecule has 1 atom stereocenters. The molecule has 0 aliphatic heterocycles. The molecule has 0 N–H and O–H groups in total. The molecule has 0 amide bonds. The zero-order chi connectivity index (χ0) is 12.5. The van der Waals surface area contributed by atoms with E-state index in [0.29, 0.717) is 5.92 Å². The number of hydrogen-bond acceptors (Lipinski definition) is 1. The van der Waals surface area contributed by atoms with Crippen molar-refractivity contribution in [3.8, 4) is 5.75 Å². The number of halogens is 1. The summed E-state index contributed by atoms with van der Waals surface area (Å²) in [6.07, 6.45) is 2.30. The second-order valence-corrected chi connectivity index (χ2v) is 5.14. The first-order valence-corrected chi connectivity index (χ1v) is 6.58. The fraction of sp³-hybridized carbons (Fsp3) is 0.250. The van der Waals surface area contributed by atoms with E-state index in [9.17, 15) is 0 Å². The van der Waals surface area contributed by atoms with Crippen LogP contribution in [-0.2, 0) is 6.42 Å². The molecular weight excluding hydrogens is 244 g/mol. The van der Waals surface area contributed by atoms with Crippen LogP contribution in [0.5, 0.6) is 5.75 Å². The predicted octanol–water partition coefficient (Wildman–Crippen LogP) is 4.43. The van der Waals surface area contributed by atoms with E-state index in [1.165, 1.54) is 23.1 Å². The molecule has 3 rings (SSSR count). The SMILES string of the molecule is COc1ccc2c(c1)CCC2c1ccc(Cl)cc1. The van der Waals surface area contributed by atoms with Crippen LogP contribution in [-0.4, -0.2) is 7.11 Å². The van der Waals surface area contributed by atoms with Gasteiger partial charge in [0.15, 0.2) is 0 Å². The molecule has 0 radical (unpaired) electrons. The fourth-order valence-corrected chi connectivity index (χ4v) is 2.89. The highest BCUT2D eigenvalue weighted by molar-refractivity contribution is 6.30. The lowest BCUT2D eigenvalue weighted by atomic mass is 9.93. The maximum absolute atomic E-state index is 5.94. The van der Waals surface area contributed by atoms with Crippen LogP contribution in [0.4, 0.5) is 0 Å². The third-order valence-corrected chi connectivity index (χ3v) is 3.95. The zero-order valence-corrected chi connectivity index (χ0v) is 11.1. The van der Waals surface area contributed by atoms with E-state index in [-0.39, 0.29) is 0 Å². The van der Waals surface area contributed by atoms with Crippen molar-refractivity contribution in [3.05, 3.63) is 64.2 Å². The van der Waals surface area contributed by atoms with Gasteiger partial charge in [-0.05, 0) is 53.8 Å². The number of hydrogen-bond donors (Lipinski definition) is 0. The molecule has 1 unspecified atom stereocenters. The molecule has 0 bridgehead atoms. The second kappa shape index (κ2) is 4.66. The molecule has 0 heterocycles. The van der Waals surface area contributed by atoms with Crippen LogP contribution >= 0.6 is 11.6 Å². The normalized spacial score (nSPS) is 17.6. The molecule has 0 saturated carbocycles. The molecule has 1 aliphatic rings. The summed E-state index contributed by atoms with van der Waals surface area (Å²) in [5.41, 5.74) is 4.19. The Hall–Kier alpha value is -1.47. The number of methoxy groups -OCH3 is 1. The Bertz CT molecular complexity index is 560. The van der Waals surface area contributed by atoms with Gasteiger partial charge in [-0.3, -0.25) is 0 Å². The minimum atomic E-state index is 0.503. The van der Waals surface area contributed by atoms with Gasteiger partial charge in [-0.15, -0.1) is 0 Å². The largest absolute Gasteiger partial charge is 0.497 e. The topological polar surface area (TPSA) is 9.23 Å². The number of fused-ring (bicyclic) bond motifs is 1. The summed E-state index contributed by atoms with van der Waals surface area (Å²) in [4.78, 5) is 0. The zero-order valence-electron chi connectivity index (χ0n) is 10.3. The van der Waals surface area contributed by atoms with Gasteiger partial charge in [-0.1, -0.05) is 29.8 Å². The first-order valence-electron chi connectivity index (χ1n) is 6.20. The Kier molecular flexibility index (Phi) is 3.00. The number of rotatable bonds is 2. The fourth-order valence-electron chi connectivity index (χ4n) is 2.76. The lowest BCUT2D eigenvalue weighted by molar-refractivity contribution is 0.414. The maximum atomic E-state index is 5.94. The van der Waals surface area contributed by atoms with Gasteiger partial charge in [-0.2, -0.15) is 0 Å². The van der Waals surface area contributed by atoms with Crippen LogP contribution in [0, 0.1) is 0 Å². The van der Waals surface area contributed by atoms with Crippen molar-refractivity contribution in [2.75, 3.05) is 7.11 Å². The summed E-state index contributed by atoms with van der Waals surface area (Å²) in [6.45, 7) is 0. The van der Waals surface area contributed by atoms with E-state index in [1.807, 2.05) is 18.2 Å². The van der Waals surface area contributed by atoms with Gasteiger partial charge in [-0.25, -0.2) is 0 Å². The molecule has 1 nitrogen and oxygen atoms in total.